The monoisotopic (exact) mass is 324 g/mol. The summed E-state index contributed by atoms with van der Waals surface area (Å²) in [4.78, 5) is 0. The maximum absolute atomic E-state index is 6.87. The van der Waals surface area contributed by atoms with Crippen molar-refractivity contribution < 1.29 is 0 Å². The summed E-state index contributed by atoms with van der Waals surface area (Å²) in [5.74, 6) is 0.523. The van der Waals surface area contributed by atoms with Gasteiger partial charge in [0.05, 0.1) is 0 Å². The Balaban J connectivity index is 2.59. The first-order chi connectivity index (χ1) is 10.2. The SMILES string of the molecule is CCCCCCCCC(Cl)C(C)(C)C1C(C)=C(C)C(C)=C1C. The lowest BCUT2D eigenvalue weighted by atomic mass is 9.69. The average molecular weight is 325 g/mol. The van der Waals surface area contributed by atoms with E-state index in [0.29, 0.717) is 5.92 Å². The summed E-state index contributed by atoms with van der Waals surface area (Å²) in [5.41, 5.74) is 6.18. The van der Waals surface area contributed by atoms with Crippen molar-refractivity contribution in [2.45, 2.75) is 98.8 Å². The molecule has 0 bridgehead atoms. The van der Waals surface area contributed by atoms with Crippen molar-refractivity contribution >= 4 is 11.6 Å². The molecule has 0 saturated heterocycles. The normalized spacial score (nSPS) is 18.5. The smallest absolute Gasteiger partial charge is 0.0395 e. The van der Waals surface area contributed by atoms with E-state index in [-0.39, 0.29) is 10.8 Å². The number of hydrogen-bond donors (Lipinski definition) is 0. The number of halogens is 1. The summed E-state index contributed by atoms with van der Waals surface area (Å²) in [6.45, 7) is 16.1. The molecule has 1 heteroatoms. The molecule has 1 unspecified atom stereocenters. The summed E-state index contributed by atoms with van der Waals surface area (Å²) in [5, 5.41) is 0.257. The fraction of sp³-hybridized carbons (Fsp3) is 0.810. The van der Waals surface area contributed by atoms with Gasteiger partial charge in [-0.3, -0.25) is 0 Å². The molecule has 0 heterocycles. The highest BCUT2D eigenvalue weighted by atomic mass is 35.5. The molecule has 0 saturated carbocycles. The number of unbranched alkanes of at least 4 members (excludes halogenated alkanes) is 5. The zero-order chi connectivity index (χ0) is 16.9. The first kappa shape index (κ1) is 19.8. The first-order valence-corrected chi connectivity index (χ1v) is 9.67. The molecule has 22 heavy (non-hydrogen) atoms. The van der Waals surface area contributed by atoms with Crippen LogP contribution in [0.4, 0.5) is 0 Å². The molecule has 0 aromatic carbocycles. The number of rotatable bonds is 9. The van der Waals surface area contributed by atoms with Crippen LogP contribution in [-0.2, 0) is 0 Å². The molecule has 0 aromatic rings. The minimum Gasteiger partial charge on any atom is -0.122 e. The lowest BCUT2D eigenvalue weighted by Gasteiger charge is -2.38. The second-order valence-electron chi connectivity index (χ2n) is 7.89. The van der Waals surface area contributed by atoms with Gasteiger partial charge in [0, 0.05) is 11.3 Å². The minimum absolute atomic E-state index is 0.137. The lowest BCUT2D eigenvalue weighted by Crippen LogP contribution is -2.34. The highest BCUT2D eigenvalue weighted by Gasteiger charge is 2.41. The molecule has 0 fully saturated rings. The zero-order valence-corrected chi connectivity index (χ0v) is 16.7. The molecule has 0 amide bonds. The van der Waals surface area contributed by atoms with E-state index < -0.39 is 0 Å². The van der Waals surface area contributed by atoms with Crippen molar-refractivity contribution in [2.24, 2.45) is 11.3 Å². The second-order valence-corrected chi connectivity index (χ2v) is 8.42. The van der Waals surface area contributed by atoms with E-state index in [0.717, 1.165) is 6.42 Å². The van der Waals surface area contributed by atoms with Crippen LogP contribution in [0.15, 0.2) is 22.3 Å². The Morgan fingerprint density at radius 2 is 1.32 bits per heavy atom. The Labute approximate surface area is 144 Å². The Kier molecular flexibility index (Phi) is 7.72. The molecule has 0 nitrogen and oxygen atoms in total. The minimum atomic E-state index is 0.137. The van der Waals surface area contributed by atoms with E-state index >= 15 is 0 Å². The van der Waals surface area contributed by atoms with Crippen LogP contribution >= 0.6 is 11.6 Å². The van der Waals surface area contributed by atoms with E-state index in [1.54, 1.807) is 0 Å². The van der Waals surface area contributed by atoms with Gasteiger partial charge >= 0.3 is 0 Å². The van der Waals surface area contributed by atoms with E-state index in [9.17, 15) is 0 Å². The lowest BCUT2D eigenvalue weighted by molar-refractivity contribution is 0.255. The molecule has 0 radical (unpaired) electrons. The topological polar surface area (TPSA) is 0 Å². The van der Waals surface area contributed by atoms with Crippen LogP contribution in [0.25, 0.3) is 0 Å². The van der Waals surface area contributed by atoms with Gasteiger partial charge in [0.25, 0.3) is 0 Å². The van der Waals surface area contributed by atoms with Gasteiger partial charge in [-0.25, -0.2) is 0 Å². The summed E-state index contributed by atoms with van der Waals surface area (Å²) >= 11 is 6.87. The summed E-state index contributed by atoms with van der Waals surface area (Å²) in [7, 11) is 0. The van der Waals surface area contributed by atoms with Crippen LogP contribution in [-0.4, -0.2) is 5.38 Å². The third-order valence-electron chi connectivity index (χ3n) is 5.97. The van der Waals surface area contributed by atoms with E-state index in [4.69, 9.17) is 11.6 Å². The van der Waals surface area contributed by atoms with Gasteiger partial charge in [-0.15, -0.1) is 11.6 Å². The molecule has 0 spiro atoms. The van der Waals surface area contributed by atoms with Gasteiger partial charge in [-0.05, 0) is 50.7 Å². The van der Waals surface area contributed by atoms with Crippen LogP contribution in [0.3, 0.4) is 0 Å². The van der Waals surface area contributed by atoms with Gasteiger partial charge < -0.3 is 0 Å². The Morgan fingerprint density at radius 1 is 0.864 bits per heavy atom. The molecule has 1 aliphatic rings. The van der Waals surface area contributed by atoms with Crippen molar-refractivity contribution in [2.75, 3.05) is 0 Å². The maximum atomic E-state index is 6.87. The maximum Gasteiger partial charge on any atom is 0.0395 e. The van der Waals surface area contributed by atoms with Crippen LogP contribution in [0.2, 0.25) is 0 Å². The molecular weight excluding hydrogens is 288 g/mol. The average Bonchev–Trinajstić information content (AvgIpc) is 2.66. The van der Waals surface area contributed by atoms with Crippen molar-refractivity contribution in [1.29, 1.82) is 0 Å². The third-order valence-corrected chi connectivity index (χ3v) is 6.75. The largest absolute Gasteiger partial charge is 0.122 e. The molecule has 1 atom stereocenters. The van der Waals surface area contributed by atoms with Crippen molar-refractivity contribution in [3.05, 3.63) is 22.3 Å². The standard InChI is InChI=1S/C21H37Cl/c1-8-9-10-11-12-13-14-19(22)21(6,7)20-17(4)15(2)16(3)18(20)5/h19-20H,8-14H2,1-7H3. The van der Waals surface area contributed by atoms with Gasteiger partial charge in [-0.2, -0.15) is 0 Å². The second kappa shape index (κ2) is 8.57. The van der Waals surface area contributed by atoms with Gasteiger partial charge in [-0.1, -0.05) is 70.4 Å². The fourth-order valence-corrected chi connectivity index (χ4v) is 4.40. The molecule has 0 aromatic heterocycles. The van der Waals surface area contributed by atoms with Gasteiger partial charge in [0.1, 0.15) is 0 Å². The zero-order valence-electron chi connectivity index (χ0n) is 16.0. The van der Waals surface area contributed by atoms with E-state index in [2.05, 4.69) is 48.5 Å². The summed E-state index contributed by atoms with van der Waals surface area (Å²) in [6, 6.07) is 0. The Morgan fingerprint density at radius 3 is 1.82 bits per heavy atom. The summed E-state index contributed by atoms with van der Waals surface area (Å²) in [6.07, 6.45) is 9.22. The molecule has 0 aliphatic heterocycles. The fourth-order valence-electron chi connectivity index (χ4n) is 4.12. The third kappa shape index (κ3) is 4.40. The van der Waals surface area contributed by atoms with Crippen LogP contribution < -0.4 is 0 Å². The molecule has 1 rings (SSSR count). The quantitative estimate of drug-likeness (QED) is 0.301. The van der Waals surface area contributed by atoms with Crippen LogP contribution in [0.1, 0.15) is 93.4 Å². The summed E-state index contributed by atoms with van der Waals surface area (Å²) < 4.78 is 0. The highest BCUT2D eigenvalue weighted by molar-refractivity contribution is 6.21. The predicted molar refractivity (Wildman–Crippen MR) is 102 cm³/mol. The predicted octanol–water partition coefficient (Wildman–Crippen LogP) is 7.67. The van der Waals surface area contributed by atoms with E-state index in [1.807, 2.05) is 0 Å². The Hall–Kier alpha value is -0.230. The molecular formula is C21H37Cl. The van der Waals surface area contributed by atoms with E-state index in [1.165, 1.54) is 60.8 Å². The van der Waals surface area contributed by atoms with Crippen molar-refractivity contribution in [1.82, 2.24) is 0 Å². The van der Waals surface area contributed by atoms with Gasteiger partial charge in [0.15, 0.2) is 0 Å². The van der Waals surface area contributed by atoms with Crippen LogP contribution in [0, 0.1) is 11.3 Å². The molecule has 1 aliphatic carbocycles. The Bertz CT molecular complexity index is 401. The first-order valence-electron chi connectivity index (χ1n) is 9.24. The number of alkyl halides is 1. The molecule has 0 N–H and O–H groups in total. The van der Waals surface area contributed by atoms with Gasteiger partial charge in [0.2, 0.25) is 0 Å². The number of hydrogen-bond acceptors (Lipinski definition) is 0. The van der Waals surface area contributed by atoms with Crippen molar-refractivity contribution in [3.63, 3.8) is 0 Å². The highest BCUT2D eigenvalue weighted by Crippen LogP contribution is 2.50. The van der Waals surface area contributed by atoms with Crippen LogP contribution in [0.5, 0.6) is 0 Å². The molecule has 128 valence electrons. The number of allylic oxidation sites excluding steroid dienone is 4. The van der Waals surface area contributed by atoms with Crippen molar-refractivity contribution in [3.8, 4) is 0 Å².